The molecule has 3 aromatic rings. The van der Waals surface area contributed by atoms with Crippen LogP contribution in [0.1, 0.15) is 50.2 Å². The molecule has 8 nitrogen and oxygen atoms in total. The number of rotatable bonds is 11. The topological polar surface area (TPSA) is 96.0 Å². The molecule has 1 fully saturated rings. The van der Waals surface area contributed by atoms with Crippen molar-refractivity contribution >= 4 is 27.5 Å². The Morgan fingerprint density at radius 3 is 2.17 bits per heavy atom. The Bertz CT molecular complexity index is 1460. The molecule has 3 aromatic carbocycles. The fourth-order valence-electron chi connectivity index (χ4n) is 5.05. The van der Waals surface area contributed by atoms with Gasteiger partial charge in [-0.05, 0) is 80.8 Å². The number of nitrogens with zero attached hydrogens (tertiary/aromatic N) is 2. The van der Waals surface area contributed by atoms with E-state index < -0.39 is 34.3 Å². The van der Waals surface area contributed by atoms with Gasteiger partial charge in [0.2, 0.25) is 11.8 Å². The second-order valence-corrected chi connectivity index (χ2v) is 12.6. The van der Waals surface area contributed by atoms with E-state index in [1.54, 1.807) is 62.6 Å². The van der Waals surface area contributed by atoms with Gasteiger partial charge in [0.05, 0.1) is 17.7 Å². The first-order valence-corrected chi connectivity index (χ1v) is 15.6. The first kappa shape index (κ1) is 31.0. The zero-order valence-electron chi connectivity index (χ0n) is 24.3. The highest BCUT2D eigenvalue weighted by Gasteiger charge is 2.33. The van der Waals surface area contributed by atoms with Gasteiger partial charge < -0.3 is 15.0 Å². The fraction of sp³-hybridized carbons (Fsp3) is 0.375. The maximum absolute atomic E-state index is 14.0. The van der Waals surface area contributed by atoms with Gasteiger partial charge in [0.1, 0.15) is 24.2 Å². The van der Waals surface area contributed by atoms with Crippen molar-refractivity contribution in [2.45, 2.75) is 69.5 Å². The van der Waals surface area contributed by atoms with Gasteiger partial charge in [-0.2, -0.15) is 0 Å². The Morgan fingerprint density at radius 1 is 0.952 bits per heavy atom. The van der Waals surface area contributed by atoms with Crippen molar-refractivity contribution in [2.24, 2.45) is 0 Å². The molecule has 0 spiro atoms. The summed E-state index contributed by atoms with van der Waals surface area (Å²) >= 11 is 0. The molecule has 1 saturated carbocycles. The summed E-state index contributed by atoms with van der Waals surface area (Å²) in [6.07, 6.45) is 5.01. The standard InChI is InChI=1S/C32H38FN3O5S/c1-23-9-15-28(16-10-23)36(42(39,40)30-19-13-26(33)14-20-30)22-31(37)35(21-25-11-17-29(41-3)18-12-25)24(2)32(38)34-27-7-5-4-6-8-27/h9-20,24,27H,4-8,21-22H2,1-3H3,(H,34,38)/t24-/m1/s1. The van der Waals surface area contributed by atoms with Gasteiger partial charge in [-0.3, -0.25) is 13.9 Å². The van der Waals surface area contributed by atoms with Gasteiger partial charge in [0.25, 0.3) is 10.0 Å². The Balaban J connectivity index is 1.66. The minimum absolute atomic E-state index is 0.0505. The second-order valence-electron chi connectivity index (χ2n) is 10.7. The number of carbonyl (C=O) groups is 2. The lowest BCUT2D eigenvalue weighted by Gasteiger charge is -2.33. The second kappa shape index (κ2) is 13.8. The number of sulfonamides is 1. The van der Waals surface area contributed by atoms with Gasteiger partial charge >= 0.3 is 0 Å². The van der Waals surface area contributed by atoms with Crippen LogP contribution < -0.4 is 14.4 Å². The molecule has 224 valence electrons. The lowest BCUT2D eigenvalue weighted by atomic mass is 9.95. The van der Waals surface area contributed by atoms with Gasteiger partial charge in [0, 0.05) is 12.6 Å². The predicted molar refractivity (Wildman–Crippen MR) is 160 cm³/mol. The SMILES string of the molecule is COc1ccc(CN(C(=O)CN(c2ccc(C)cc2)S(=O)(=O)c2ccc(F)cc2)[C@H](C)C(=O)NC2CCCCC2)cc1. The van der Waals surface area contributed by atoms with Crippen LogP contribution in [0, 0.1) is 12.7 Å². The number of anilines is 1. The molecule has 0 aliphatic heterocycles. The minimum Gasteiger partial charge on any atom is -0.497 e. The highest BCUT2D eigenvalue weighted by molar-refractivity contribution is 7.92. The zero-order valence-corrected chi connectivity index (χ0v) is 25.1. The third-order valence-corrected chi connectivity index (χ3v) is 9.42. The monoisotopic (exact) mass is 595 g/mol. The van der Waals surface area contributed by atoms with E-state index in [4.69, 9.17) is 4.74 Å². The van der Waals surface area contributed by atoms with Crippen molar-refractivity contribution in [3.8, 4) is 5.75 Å². The summed E-state index contributed by atoms with van der Waals surface area (Å²) < 4.78 is 47.5. The molecular weight excluding hydrogens is 557 g/mol. The van der Waals surface area contributed by atoms with Crippen molar-refractivity contribution in [3.05, 3.63) is 89.7 Å². The van der Waals surface area contributed by atoms with Crippen molar-refractivity contribution in [2.75, 3.05) is 18.0 Å². The third kappa shape index (κ3) is 7.67. The van der Waals surface area contributed by atoms with Gasteiger partial charge in [-0.15, -0.1) is 0 Å². The van der Waals surface area contributed by atoms with Crippen LogP contribution in [-0.2, 0) is 26.2 Å². The number of nitrogens with one attached hydrogen (secondary N) is 1. The number of hydrogen-bond acceptors (Lipinski definition) is 5. The van der Waals surface area contributed by atoms with Crippen LogP contribution in [0.4, 0.5) is 10.1 Å². The summed E-state index contributed by atoms with van der Waals surface area (Å²) in [6.45, 7) is 3.06. The van der Waals surface area contributed by atoms with Crippen LogP contribution in [-0.4, -0.2) is 50.9 Å². The van der Waals surface area contributed by atoms with Crippen LogP contribution in [0.25, 0.3) is 0 Å². The van der Waals surface area contributed by atoms with Crippen LogP contribution in [0.5, 0.6) is 5.75 Å². The molecule has 0 radical (unpaired) electrons. The Morgan fingerprint density at radius 2 is 1.57 bits per heavy atom. The quantitative estimate of drug-likeness (QED) is 0.329. The molecule has 0 saturated heterocycles. The largest absolute Gasteiger partial charge is 0.497 e. The molecule has 2 amide bonds. The predicted octanol–water partition coefficient (Wildman–Crippen LogP) is 5.20. The molecule has 1 atom stereocenters. The van der Waals surface area contributed by atoms with E-state index in [9.17, 15) is 22.4 Å². The summed E-state index contributed by atoms with van der Waals surface area (Å²) in [5.74, 6) is -0.763. The first-order chi connectivity index (χ1) is 20.1. The van der Waals surface area contributed by atoms with E-state index in [-0.39, 0.29) is 29.1 Å². The van der Waals surface area contributed by atoms with Gasteiger partial charge in [-0.1, -0.05) is 49.1 Å². The maximum atomic E-state index is 14.0. The van der Waals surface area contributed by atoms with Crippen LogP contribution >= 0.6 is 0 Å². The first-order valence-electron chi connectivity index (χ1n) is 14.2. The van der Waals surface area contributed by atoms with Crippen molar-refractivity contribution in [1.29, 1.82) is 0 Å². The molecule has 42 heavy (non-hydrogen) atoms. The highest BCUT2D eigenvalue weighted by atomic mass is 32.2. The third-order valence-electron chi connectivity index (χ3n) is 7.63. The number of aryl methyl sites for hydroxylation is 1. The number of carbonyl (C=O) groups excluding carboxylic acids is 2. The molecular formula is C32H38FN3O5S. The lowest BCUT2D eigenvalue weighted by Crippen LogP contribution is -2.53. The number of ether oxygens (including phenoxy) is 1. The zero-order chi connectivity index (χ0) is 30.3. The summed E-state index contributed by atoms with van der Waals surface area (Å²) in [6, 6.07) is 17.5. The number of methoxy groups -OCH3 is 1. The summed E-state index contributed by atoms with van der Waals surface area (Å²) in [5.41, 5.74) is 1.95. The lowest BCUT2D eigenvalue weighted by molar-refractivity contribution is -0.139. The summed E-state index contributed by atoms with van der Waals surface area (Å²) in [4.78, 5) is 28.7. The van der Waals surface area contributed by atoms with E-state index in [1.165, 1.54) is 17.0 Å². The van der Waals surface area contributed by atoms with Crippen molar-refractivity contribution in [1.82, 2.24) is 10.2 Å². The molecule has 1 aliphatic carbocycles. The Kier molecular flexibility index (Phi) is 10.2. The fourth-order valence-corrected chi connectivity index (χ4v) is 6.47. The average Bonchev–Trinajstić information content (AvgIpc) is 2.99. The molecule has 10 heteroatoms. The number of amides is 2. The Hall–Kier alpha value is -3.92. The molecule has 0 heterocycles. The molecule has 1 aliphatic rings. The number of hydrogen-bond donors (Lipinski definition) is 1. The van der Waals surface area contributed by atoms with Crippen LogP contribution in [0.3, 0.4) is 0 Å². The average molecular weight is 596 g/mol. The summed E-state index contributed by atoms with van der Waals surface area (Å²) in [7, 11) is -2.70. The minimum atomic E-state index is -4.26. The number of benzene rings is 3. The van der Waals surface area contributed by atoms with Gasteiger partial charge in [-0.25, -0.2) is 12.8 Å². The van der Waals surface area contributed by atoms with E-state index >= 15 is 0 Å². The van der Waals surface area contributed by atoms with E-state index in [1.807, 2.05) is 6.92 Å². The number of halogens is 1. The van der Waals surface area contributed by atoms with E-state index in [0.29, 0.717) is 5.75 Å². The van der Waals surface area contributed by atoms with Crippen LogP contribution in [0.15, 0.2) is 77.7 Å². The maximum Gasteiger partial charge on any atom is 0.264 e. The molecule has 0 aromatic heterocycles. The van der Waals surface area contributed by atoms with Crippen molar-refractivity contribution in [3.63, 3.8) is 0 Å². The smallest absolute Gasteiger partial charge is 0.264 e. The van der Waals surface area contributed by atoms with Gasteiger partial charge in [0.15, 0.2) is 0 Å². The van der Waals surface area contributed by atoms with E-state index in [0.717, 1.165) is 59.7 Å². The molecule has 1 N–H and O–H groups in total. The molecule has 4 rings (SSSR count). The van der Waals surface area contributed by atoms with E-state index in [2.05, 4.69) is 5.32 Å². The molecule has 0 unspecified atom stereocenters. The highest BCUT2D eigenvalue weighted by Crippen LogP contribution is 2.26. The van der Waals surface area contributed by atoms with Crippen LogP contribution in [0.2, 0.25) is 0 Å². The Labute approximate surface area is 247 Å². The summed E-state index contributed by atoms with van der Waals surface area (Å²) in [5, 5.41) is 3.09. The van der Waals surface area contributed by atoms with Crippen molar-refractivity contribution < 1.29 is 27.1 Å². The molecule has 0 bridgehead atoms. The normalized spacial score (nSPS) is 14.6.